The Morgan fingerprint density at radius 2 is 1.86 bits per heavy atom. The molecule has 0 saturated carbocycles. The molecule has 0 aliphatic carbocycles. The van der Waals surface area contributed by atoms with Gasteiger partial charge in [0.1, 0.15) is 0 Å². The summed E-state index contributed by atoms with van der Waals surface area (Å²) in [5.41, 5.74) is 0. The molecule has 2 heterocycles. The van der Waals surface area contributed by atoms with Gasteiger partial charge in [-0.15, -0.1) is 12.4 Å². The molecule has 0 bridgehead atoms. The molecule has 1 unspecified atom stereocenters. The summed E-state index contributed by atoms with van der Waals surface area (Å²) in [4.78, 5) is 26.0. The van der Waals surface area contributed by atoms with Crippen LogP contribution in [0.15, 0.2) is 0 Å². The second-order valence-corrected chi connectivity index (χ2v) is 6.31. The topological polar surface area (TPSA) is 61.4 Å². The van der Waals surface area contributed by atoms with E-state index >= 15 is 0 Å². The summed E-state index contributed by atoms with van der Waals surface area (Å²) >= 11 is 0. The number of piperidine rings is 2. The zero-order chi connectivity index (χ0) is 14.5. The fourth-order valence-corrected chi connectivity index (χ4v) is 2.93. The second-order valence-electron chi connectivity index (χ2n) is 6.31. The van der Waals surface area contributed by atoms with Crippen molar-refractivity contribution in [1.29, 1.82) is 0 Å². The summed E-state index contributed by atoms with van der Waals surface area (Å²) < 4.78 is 0. The normalized spacial score (nSPS) is 23.6. The summed E-state index contributed by atoms with van der Waals surface area (Å²) in [6.07, 6.45) is 3.86. The molecule has 0 spiro atoms. The molecular weight excluding hydrogens is 290 g/mol. The number of hydrogen-bond acceptors (Lipinski definition) is 3. The molecule has 2 saturated heterocycles. The number of rotatable bonds is 3. The molecule has 2 N–H and O–H groups in total. The van der Waals surface area contributed by atoms with Gasteiger partial charge in [0.05, 0.1) is 5.92 Å². The van der Waals surface area contributed by atoms with Crippen molar-refractivity contribution in [3.05, 3.63) is 0 Å². The molecule has 2 aliphatic rings. The Morgan fingerprint density at radius 1 is 1.19 bits per heavy atom. The van der Waals surface area contributed by atoms with Crippen molar-refractivity contribution in [3.8, 4) is 0 Å². The third-order valence-electron chi connectivity index (χ3n) is 4.32. The smallest absolute Gasteiger partial charge is 0.226 e. The number of likely N-dealkylation sites (tertiary alicyclic amines) is 1. The van der Waals surface area contributed by atoms with Crippen LogP contribution in [0.2, 0.25) is 0 Å². The van der Waals surface area contributed by atoms with Crippen LogP contribution in [-0.2, 0) is 9.59 Å². The van der Waals surface area contributed by atoms with Crippen LogP contribution in [0.5, 0.6) is 0 Å². The van der Waals surface area contributed by atoms with Crippen molar-refractivity contribution >= 4 is 24.2 Å². The van der Waals surface area contributed by atoms with Crippen molar-refractivity contribution in [2.75, 3.05) is 26.2 Å². The van der Waals surface area contributed by atoms with Crippen molar-refractivity contribution < 1.29 is 9.59 Å². The SMILES string of the molecule is CC(C)C(=O)NC1CCN(C(=O)C2CCCNC2)CC1.Cl. The lowest BCUT2D eigenvalue weighted by Gasteiger charge is -2.35. The lowest BCUT2D eigenvalue weighted by molar-refractivity contribution is -0.137. The molecule has 2 rings (SSSR count). The minimum absolute atomic E-state index is 0. The van der Waals surface area contributed by atoms with E-state index in [4.69, 9.17) is 0 Å². The van der Waals surface area contributed by atoms with Crippen molar-refractivity contribution in [2.24, 2.45) is 11.8 Å². The fourth-order valence-electron chi connectivity index (χ4n) is 2.93. The van der Waals surface area contributed by atoms with Gasteiger partial charge >= 0.3 is 0 Å². The Morgan fingerprint density at radius 3 is 2.38 bits per heavy atom. The number of hydrogen-bond donors (Lipinski definition) is 2. The Balaban J connectivity index is 0.00000220. The van der Waals surface area contributed by atoms with Crippen molar-refractivity contribution in [2.45, 2.75) is 45.6 Å². The maximum atomic E-state index is 12.4. The van der Waals surface area contributed by atoms with E-state index in [9.17, 15) is 9.59 Å². The second kappa shape index (κ2) is 8.59. The summed E-state index contributed by atoms with van der Waals surface area (Å²) in [5, 5.41) is 6.37. The quantitative estimate of drug-likeness (QED) is 0.821. The highest BCUT2D eigenvalue weighted by molar-refractivity contribution is 5.85. The van der Waals surface area contributed by atoms with Gasteiger partial charge in [0.25, 0.3) is 0 Å². The molecule has 2 fully saturated rings. The Bertz CT molecular complexity index is 349. The van der Waals surface area contributed by atoms with Crippen LogP contribution in [0, 0.1) is 11.8 Å². The van der Waals surface area contributed by atoms with Gasteiger partial charge in [0.2, 0.25) is 11.8 Å². The highest BCUT2D eigenvalue weighted by atomic mass is 35.5. The third-order valence-corrected chi connectivity index (χ3v) is 4.32. The number of nitrogens with one attached hydrogen (secondary N) is 2. The van der Waals surface area contributed by atoms with Crippen LogP contribution in [0.1, 0.15) is 39.5 Å². The van der Waals surface area contributed by atoms with Gasteiger partial charge in [-0.1, -0.05) is 13.8 Å². The zero-order valence-corrected chi connectivity index (χ0v) is 13.9. The Labute approximate surface area is 133 Å². The van der Waals surface area contributed by atoms with Crippen molar-refractivity contribution in [3.63, 3.8) is 0 Å². The first-order chi connectivity index (χ1) is 9.58. The minimum Gasteiger partial charge on any atom is -0.353 e. The largest absolute Gasteiger partial charge is 0.353 e. The number of halogens is 1. The maximum Gasteiger partial charge on any atom is 0.226 e. The molecule has 0 aromatic heterocycles. The number of amides is 2. The first-order valence-corrected chi connectivity index (χ1v) is 7.88. The van der Waals surface area contributed by atoms with Gasteiger partial charge in [-0.25, -0.2) is 0 Å². The van der Waals surface area contributed by atoms with Crippen LogP contribution < -0.4 is 10.6 Å². The molecule has 6 heteroatoms. The monoisotopic (exact) mass is 317 g/mol. The highest BCUT2D eigenvalue weighted by Crippen LogP contribution is 2.18. The summed E-state index contributed by atoms with van der Waals surface area (Å²) in [6.45, 7) is 7.22. The van der Waals surface area contributed by atoms with Crippen LogP contribution >= 0.6 is 12.4 Å². The average Bonchev–Trinajstić information content (AvgIpc) is 2.48. The van der Waals surface area contributed by atoms with E-state index in [1.165, 1.54) is 0 Å². The van der Waals surface area contributed by atoms with Crippen LogP contribution in [0.4, 0.5) is 0 Å². The molecule has 1 atom stereocenters. The van der Waals surface area contributed by atoms with E-state index < -0.39 is 0 Å². The van der Waals surface area contributed by atoms with E-state index in [0.29, 0.717) is 5.91 Å². The lowest BCUT2D eigenvalue weighted by atomic mass is 9.96. The van der Waals surface area contributed by atoms with Gasteiger partial charge in [-0.2, -0.15) is 0 Å². The number of carbonyl (C=O) groups excluding carboxylic acids is 2. The first-order valence-electron chi connectivity index (χ1n) is 7.88. The standard InChI is InChI=1S/C15H27N3O2.ClH/c1-11(2)14(19)17-13-5-8-18(9-6-13)15(20)12-4-3-7-16-10-12;/h11-13,16H,3-10H2,1-2H3,(H,17,19);1H. The van der Waals surface area contributed by atoms with Crippen LogP contribution in [0.25, 0.3) is 0 Å². The van der Waals surface area contributed by atoms with Gasteiger partial charge < -0.3 is 15.5 Å². The van der Waals surface area contributed by atoms with E-state index in [2.05, 4.69) is 10.6 Å². The number of carbonyl (C=O) groups is 2. The molecule has 0 aromatic carbocycles. The summed E-state index contributed by atoms with van der Waals surface area (Å²) in [6, 6.07) is 0.235. The summed E-state index contributed by atoms with van der Waals surface area (Å²) in [5.74, 6) is 0.602. The van der Waals surface area contributed by atoms with E-state index in [1.54, 1.807) is 0 Å². The Hall–Kier alpha value is -0.810. The fraction of sp³-hybridized carbons (Fsp3) is 0.867. The molecule has 2 amide bonds. The van der Waals surface area contributed by atoms with Gasteiger partial charge in [-0.05, 0) is 32.2 Å². The van der Waals surface area contributed by atoms with Crippen molar-refractivity contribution in [1.82, 2.24) is 15.5 Å². The molecule has 21 heavy (non-hydrogen) atoms. The zero-order valence-electron chi connectivity index (χ0n) is 13.1. The van der Waals surface area contributed by atoms with Crippen LogP contribution in [0.3, 0.4) is 0 Å². The highest BCUT2D eigenvalue weighted by Gasteiger charge is 2.29. The van der Waals surface area contributed by atoms with Gasteiger partial charge in [0.15, 0.2) is 0 Å². The van der Waals surface area contributed by atoms with E-state index in [1.807, 2.05) is 18.7 Å². The third kappa shape index (κ3) is 5.15. The van der Waals surface area contributed by atoms with Gasteiger partial charge in [0, 0.05) is 31.6 Å². The van der Waals surface area contributed by atoms with Crippen LogP contribution in [-0.4, -0.2) is 48.9 Å². The minimum atomic E-state index is 0. The summed E-state index contributed by atoms with van der Waals surface area (Å²) in [7, 11) is 0. The molecule has 0 radical (unpaired) electrons. The lowest BCUT2D eigenvalue weighted by Crippen LogP contribution is -2.50. The average molecular weight is 318 g/mol. The number of nitrogens with zero attached hydrogens (tertiary/aromatic N) is 1. The molecular formula is C15H28ClN3O2. The maximum absolute atomic E-state index is 12.4. The van der Waals surface area contributed by atoms with Gasteiger partial charge in [-0.3, -0.25) is 9.59 Å². The van der Waals surface area contributed by atoms with E-state index in [0.717, 1.165) is 51.9 Å². The van der Waals surface area contributed by atoms with E-state index in [-0.39, 0.29) is 36.2 Å². The molecule has 0 aromatic rings. The molecule has 122 valence electrons. The Kier molecular flexibility index (Phi) is 7.46. The predicted octanol–water partition coefficient (Wildman–Crippen LogP) is 1.17. The first kappa shape index (κ1) is 18.2. The predicted molar refractivity (Wildman–Crippen MR) is 85.4 cm³/mol. The molecule has 2 aliphatic heterocycles. The molecule has 5 nitrogen and oxygen atoms in total.